The second-order valence-corrected chi connectivity index (χ2v) is 8.40. The topological polar surface area (TPSA) is 168 Å². The first kappa shape index (κ1) is 23.2. The molecule has 0 bridgehead atoms. The maximum Gasteiger partial charge on any atom is 0.290 e. The summed E-state index contributed by atoms with van der Waals surface area (Å²) >= 11 is 1.37. The number of nitrogens with one attached hydrogen (secondary N) is 2. The van der Waals surface area contributed by atoms with Crippen molar-refractivity contribution in [2.24, 2.45) is 5.41 Å². The number of rotatable bonds is 7. The van der Waals surface area contributed by atoms with Gasteiger partial charge in [0.1, 0.15) is 16.4 Å². The molecule has 34 heavy (non-hydrogen) atoms. The Hall–Kier alpha value is -3.94. The summed E-state index contributed by atoms with van der Waals surface area (Å²) < 4.78 is 7.00. The lowest BCUT2D eigenvalue weighted by atomic mass is 9.87. The number of anilines is 1. The van der Waals surface area contributed by atoms with Crippen molar-refractivity contribution in [2.45, 2.75) is 6.54 Å². The van der Waals surface area contributed by atoms with Crippen LogP contribution in [0.3, 0.4) is 0 Å². The summed E-state index contributed by atoms with van der Waals surface area (Å²) in [5, 5.41) is 33.2. The molecule has 13 heteroatoms. The molecule has 1 amide bonds. The van der Waals surface area contributed by atoms with Gasteiger partial charge in [0.25, 0.3) is 12.4 Å². The molecule has 0 unspecified atom stereocenters. The number of carboxylic acid groups (broad SMARTS) is 1. The van der Waals surface area contributed by atoms with E-state index in [4.69, 9.17) is 14.6 Å². The van der Waals surface area contributed by atoms with Gasteiger partial charge in [-0.05, 0) is 12.1 Å². The molecule has 1 fully saturated rings. The fourth-order valence-corrected chi connectivity index (χ4v) is 4.10. The Bertz CT molecular complexity index is 1230. The van der Waals surface area contributed by atoms with E-state index >= 15 is 0 Å². The summed E-state index contributed by atoms with van der Waals surface area (Å²) in [4.78, 5) is 30.0. The molecule has 4 aromatic rings. The third-order valence-electron chi connectivity index (χ3n) is 5.05. The van der Waals surface area contributed by atoms with E-state index in [1.807, 2.05) is 18.2 Å². The highest BCUT2D eigenvalue weighted by atomic mass is 32.1. The highest BCUT2D eigenvalue weighted by Crippen LogP contribution is 2.32. The van der Waals surface area contributed by atoms with Crippen molar-refractivity contribution in [2.75, 3.05) is 25.1 Å². The number of H-pyrrole nitrogens is 1. The van der Waals surface area contributed by atoms with Gasteiger partial charge >= 0.3 is 0 Å². The highest BCUT2D eigenvalue weighted by molar-refractivity contribution is 7.13. The zero-order chi connectivity index (χ0) is 24.0. The first-order valence-electron chi connectivity index (χ1n) is 10.1. The van der Waals surface area contributed by atoms with Crippen molar-refractivity contribution >= 4 is 29.4 Å². The molecule has 0 saturated carbocycles. The van der Waals surface area contributed by atoms with Gasteiger partial charge in [-0.1, -0.05) is 6.07 Å². The number of aliphatic hydroxyl groups is 1. The van der Waals surface area contributed by atoms with Crippen LogP contribution in [0.1, 0.15) is 10.5 Å². The van der Waals surface area contributed by atoms with Crippen LogP contribution < -0.4 is 5.32 Å². The monoisotopic (exact) mass is 483 g/mol. The number of amides is 1. The molecule has 1 saturated heterocycles. The van der Waals surface area contributed by atoms with Crippen LogP contribution in [0.4, 0.5) is 5.69 Å². The van der Waals surface area contributed by atoms with E-state index in [0.29, 0.717) is 47.5 Å². The van der Waals surface area contributed by atoms with Crippen molar-refractivity contribution < 1.29 is 24.5 Å². The molecule has 1 aliphatic rings. The van der Waals surface area contributed by atoms with Gasteiger partial charge in [-0.3, -0.25) is 24.4 Å². The number of hydrogen-bond donors (Lipinski definition) is 4. The Balaban J connectivity index is 0.000000868. The number of hydrogen-bond acceptors (Lipinski definition) is 9. The maximum absolute atomic E-state index is 12.9. The van der Waals surface area contributed by atoms with E-state index in [9.17, 15) is 9.90 Å². The molecule has 0 aliphatic carbocycles. The van der Waals surface area contributed by atoms with Crippen molar-refractivity contribution in [3.63, 3.8) is 0 Å². The summed E-state index contributed by atoms with van der Waals surface area (Å²) in [6.07, 6.45) is 6.81. The van der Waals surface area contributed by atoms with Crippen LogP contribution in [0.25, 0.3) is 22.0 Å². The van der Waals surface area contributed by atoms with Gasteiger partial charge < -0.3 is 20.3 Å². The summed E-state index contributed by atoms with van der Waals surface area (Å²) in [5.74, 6) is -0.341. The average Bonchev–Trinajstić information content (AvgIpc) is 3.58. The number of aromatic nitrogens is 6. The predicted molar refractivity (Wildman–Crippen MR) is 122 cm³/mol. The molecule has 1 aliphatic heterocycles. The smallest absolute Gasteiger partial charge is 0.290 e. The van der Waals surface area contributed by atoms with E-state index in [1.165, 1.54) is 11.3 Å². The van der Waals surface area contributed by atoms with Crippen LogP contribution in [0.5, 0.6) is 0 Å². The first-order chi connectivity index (χ1) is 16.6. The summed E-state index contributed by atoms with van der Waals surface area (Å²) in [5.41, 5.74) is 2.48. The number of carbonyl (C=O) groups excluding carboxylic acids is 1. The lowest BCUT2D eigenvalue weighted by Gasteiger charge is -2.39. The Morgan fingerprint density at radius 3 is 2.82 bits per heavy atom. The van der Waals surface area contributed by atoms with Gasteiger partial charge in [-0.25, -0.2) is 4.98 Å². The van der Waals surface area contributed by atoms with Gasteiger partial charge in [0.05, 0.1) is 49.4 Å². The Morgan fingerprint density at radius 2 is 2.21 bits per heavy atom. The van der Waals surface area contributed by atoms with Gasteiger partial charge in [-0.2, -0.15) is 10.2 Å². The predicted octanol–water partition coefficient (Wildman–Crippen LogP) is 1.75. The molecular formula is C21H21N7O5S. The Labute approximate surface area is 197 Å². The van der Waals surface area contributed by atoms with Crippen LogP contribution in [-0.4, -0.2) is 72.4 Å². The second kappa shape index (κ2) is 10.3. The second-order valence-electron chi connectivity index (χ2n) is 7.54. The van der Waals surface area contributed by atoms with E-state index < -0.39 is 0 Å². The van der Waals surface area contributed by atoms with Crippen LogP contribution in [0.15, 0.2) is 48.4 Å². The fraction of sp³-hybridized carbons (Fsp3) is 0.238. The van der Waals surface area contributed by atoms with Crippen molar-refractivity contribution in [1.82, 2.24) is 29.9 Å². The number of pyridine rings is 1. The van der Waals surface area contributed by atoms with Gasteiger partial charge in [0, 0.05) is 29.5 Å². The molecule has 0 aromatic carbocycles. The quantitative estimate of drug-likeness (QED) is 0.286. The molecule has 12 nitrogen and oxygen atoms in total. The standard InChI is InChI=1S/C20H19N7O3S.CH2O2/c28-10-20(11-30-12-20)9-27-7-15(17(26-27)14-3-1-2-4-21-14)24-18(29)16-8-31-19(25-16)13-5-22-23-6-13;2-1-3/h1-8,28H,9-12H2,(H,22,23)(H,24,29);1H,(H,2,3). The number of thiazole rings is 1. The molecule has 0 radical (unpaired) electrons. The lowest BCUT2D eigenvalue weighted by Crippen LogP contribution is -2.48. The fourth-order valence-electron chi connectivity index (χ4n) is 3.32. The largest absolute Gasteiger partial charge is 0.483 e. The minimum atomic E-state index is -0.358. The number of nitrogens with zero attached hydrogens (tertiary/aromatic N) is 5. The molecule has 4 N–H and O–H groups in total. The average molecular weight is 484 g/mol. The molecule has 0 spiro atoms. The first-order valence-corrected chi connectivity index (χ1v) is 11.0. The lowest BCUT2D eigenvalue weighted by molar-refractivity contribution is -0.146. The zero-order valence-corrected chi connectivity index (χ0v) is 18.6. The number of carbonyl (C=O) groups is 2. The molecule has 5 rings (SSSR count). The summed E-state index contributed by atoms with van der Waals surface area (Å²) in [6, 6.07) is 5.51. The Morgan fingerprint density at radius 1 is 1.38 bits per heavy atom. The van der Waals surface area contributed by atoms with E-state index in [0.717, 1.165) is 5.56 Å². The number of aliphatic hydroxyl groups excluding tert-OH is 1. The molecular weight excluding hydrogens is 462 g/mol. The molecule has 4 aromatic heterocycles. The molecule has 176 valence electrons. The van der Waals surface area contributed by atoms with Crippen LogP contribution in [-0.2, 0) is 16.1 Å². The number of ether oxygens (including phenoxy) is 1. The number of aromatic amines is 1. The van der Waals surface area contributed by atoms with Gasteiger partial charge in [0.2, 0.25) is 0 Å². The third-order valence-corrected chi connectivity index (χ3v) is 5.94. The van der Waals surface area contributed by atoms with Crippen LogP contribution in [0.2, 0.25) is 0 Å². The molecule has 5 heterocycles. The minimum absolute atomic E-state index is 0.00306. The van der Waals surface area contributed by atoms with E-state index in [1.54, 1.807) is 34.8 Å². The maximum atomic E-state index is 12.9. The van der Waals surface area contributed by atoms with Gasteiger partial charge in [-0.15, -0.1) is 11.3 Å². The Kier molecular flexibility index (Phi) is 7.06. The normalized spacial score (nSPS) is 13.9. The molecule has 0 atom stereocenters. The van der Waals surface area contributed by atoms with Crippen LogP contribution >= 0.6 is 11.3 Å². The highest BCUT2D eigenvalue weighted by Gasteiger charge is 2.39. The summed E-state index contributed by atoms with van der Waals surface area (Å²) in [6.45, 7) is 1.17. The van der Waals surface area contributed by atoms with Gasteiger partial charge in [0.15, 0.2) is 0 Å². The minimum Gasteiger partial charge on any atom is -0.483 e. The third kappa shape index (κ3) is 5.01. The van der Waals surface area contributed by atoms with Crippen molar-refractivity contribution in [1.29, 1.82) is 0 Å². The summed E-state index contributed by atoms with van der Waals surface area (Å²) in [7, 11) is 0. The zero-order valence-electron chi connectivity index (χ0n) is 17.8. The van der Waals surface area contributed by atoms with E-state index in [-0.39, 0.29) is 24.4 Å². The van der Waals surface area contributed by atoms with Crippen molar-refractivity contribution in [3.05, 3.63) is 54.1 Å². The SMILES string of the molecule is O=C(Nc1cn(CC2(CO)COC2)nc1-c1ccccn1)c1csc(-c2cn[nH]c2)n1.O=CO. The van der Waals surface area contributed by atoms with Crippen LogP contribution in [0, 0.1) is 5.41 Å². The van der Waals surface area contributed by atoms with E-state index in [2.05, 4.69) is 30.6 Å². The van der Waals surface area contributed by atoms with Crippen molar-refractivity contribution in [3.8, 4) is 22.0 Å².